The van der Waals surface area contributed by atoms with Crippen LogP contribution < -0.4 is 0 Å². The number of carboxylic acids is 1. The Bertz CT molecular complexity index is 673. The van der Waals surface area contributed by atoms with Crippen LogP contribution in [-0.2, 0) is 11.3 Å². The van der Waals surface area contributed by atoms with Crippen LogP contribution in [0.3, 0.4) is 0 Å². The summed E-state index contributed by atoms with van der Waals surface area (Å²) in [5, 5.41) is 10.7. The molecular weight excluding hydrogens is 266 g/mol. The van der Waals surface area contributed by atoms with E-state index < -0.39 is 5.97 Å². The van der Waals surface area contributed by atoms with Gasteiger partial charge in [-0.3, -0.25) is 4.79 Å². The first-order valence-electron chi connectivity index (χ1n) is 5.93. The summed E-state index contributed by atoms with van der Waals surface area (Å²) in [6, 6.07) is 5.26. The lowest BCUT2D eigenvalue weighted by molar-refractivity contribution is -0.117. The minimum Gasteiger partial charge on any atom is -0.477 e. The zero-order chi connectivity index (χ0) is 14.2. The van der Waals surface area contributed by atoms with Crippen LogP contribution in [-0.4, -0.2) is 21.4 Å². The lowest BCUT2D eigenvalue weighted by atomic mass is 10.1. The molecule has 0 fully saturated rings. The Labute approximate surface area is 115 Å². The van der Waals surface area contributed by atoms with Crippen molar-refractivity contribution in [2.24, 2.45) is 0 Å². The average molecular weight is 280 g/mol. The summed E-state index contributed by atoms with van der Waals surface area (Å²) in [6.07, 6.45) is 0.312. The number of benzene rings is 1. The van der Waals surface area contributed by atoms with Gasteiger partial charge < -0.3 is 9.67 Å². The second kappa shape index (κ2) is 5.05. The molecule has 0 aliphatic carbocycles. The predicted octanol–water partition coefficient (Wildman–Crippen LogP) is 3.28. The van der Waals surface area contributed by atoms with Crippen molar-refractivity contribution in [2.45, 2.75) is 26.8 Å². The summed E-state index contributed by atoms with van der Waals surface area (Å²) in [5.74, 6) is -0.960. The van der Waals surface area contributed by atoms with Crippen LogP contribution in [0.2, 0.25) is 5.02 Å². The number of ketones is 1. The van der Waals surface area contributed by atoms with E-state index >= 15 is 0 Å². The van der Waals surface area contributed by atoms with Crippen LogP contribution in [0.25, 0.3) is 10.9 Å². The highest BCUT2D eigenvalue weighted by Gasteiger charge is 2.19. The van der Waals surface area contributed by atoms with Crippen molar-refractivity contribution in [1.82, 2.24) is 4.57 Å². The number of aryl methyl sites for hydroxylation is 2. The summed E-state index contributed by atoms with van der Waals surface area (Å²) in [7, 11) is 0. The zero-order valence-corrected chi connectivity index (χ0v) is 11.5. The van der Waals surface area contributed by atoms with Crippen LogP contribution in [0, 0.1) is 6.92 Å². The molecule has 0 saturated carbocycles. The third-order valence-corrected chi connectivity index (χ3v) is 3.40. The maximum Gasteiger partial charge on any atom is 0.352 e. The van der Waals surface area contributed by atoms with Gasteiger partial charge >= 0.3 is 5.97 Å². The number of carboxylic acid groups (broad SMARTS) is 1. The number of fused-ring (bicyclic) bond motifs is 1. The largest absolute Gasteiger partial charge is 0.477 e. The molecule has 0 saturated heterocycles. The van der Waals surface area contributed by atoms with E-state index in [4.69, 9.17) is 11.6 Å². The summed E-state index contributed by atoms with van der Waals surface area (Å²) in [6.45, 7) is 3.62. The molecule has 4 nitrogen and oxygen atoms in total. The number of carbonyl (C=O) groups is 2. The monoisotopic (exact) mass is 279 g/mol. The second-order valence-electron chi connectivity index (χ2n) is 4.54. The van der Waals surface area contributed by atoms with E-state index in [1.54, 1.807) is 29.7 Å². The number of rotatable bonds is 4. The molecule has 0 amide bonds. The van der Waals surface area contributed by atoms with Crippen molar-refractivity contribution in [2.75, 3.05) is 0 Å². The molecule has 2 rings (SSSR count). The zero-order valence-electron chi connectivity index (χ0n) is 10.7. The lowest BCUT2D eigenvalue weighted by Gasteiger charge is -2.07. The number of Topliss-reactive ketones (excluding diaryl/α,β-unsaturated/α-hetero) is 1. The smallest absolute Gasteiger partial charge is 0.352 e. The normalized spacial score (nSPS) is 10.9. The molecule has 1 N–H and O–H groups in total. The fourth-order valence-corrected chi connectivity index (χ4v) is 2.44. The van der Waals surface area contributed by atoms with Gasteiger partial charge in [0.15, 0.2) is 0 Å². The highest BCUT2D eigenvalue weighted by Crippen LogP contribution is 2.28. The number of hydrogen-bond donors (Lipinski definition) is 1. The molecule has 0 radical (unpaired) electrons. The van der Waals surface area contributed by atoms with Crippen LogP contribution in [0.1, 0.15) is 29.4 Å². The summed E-state index contributed by atoms with van der Waals surface area (Å²) in [5.41, 5.74) is 1.69. The van der Waals surface area contributed by atoms with E-state index in [0.717, 1.165) is 10.9 Å². The fourth-order valence-electron chi connectivity index (χ4n) is 2.27. The minimum atomic E-state index is -0.992. The first-order valence-corrected chi connectivity index (χ1v) is 6.30. The summed E-state index contributed by atoms with van der Waals surface area (Å²) < 4.78 is 1.67. The van der Waals surface area contributed by atoms with Gasteiger partial charge in [-0.25, -0.2) is 4.79 Å². The van der Waals surface area contributed by atoms with Crippen LogP contribution in [0.4, 0.5) is 0 Å². The number of carbonyl (C=O) groups excluding carboxylic acids is 1. The van der Waals surface area contributed by atoms with Gasteiger partial charge in [0.1, 0.15) is 11.5 Å². The Morgan fingerprint density at radius 1 is 1.37 bits per heavy atom. The van der Waals surface area contributed by atoms with Gasteiger partial charge in [0.2, 0.25) is 0 Å². The molecule has 0 unspecified atom stereocenters. The van der Waals surface area contributed by atoms with E-state index in [-0.39, 0.29) is 11.5 Å². The summed E-state index contributed by atoms with van der Waals surface area (Å²) >= 11 is 5.95. The van der Waals surface area contributed by atoms with Gasteiger partial charge in [-0.2, -0.15) is 0 Å². The molecule has 0 aliphatic heterocycles. The van der Waals surface area contributed by atoms with Crippen molar-refractivity contribution in [1.29, 1.82) is 0 Å². The van der Waals surface area contributed by atoms with E-state index in [9.17, 15) is 14.7 Å². The van der Waals surface area contributed by atoms with E-state index in [2.05, 4.69) is 0 Å². The number of aromatic nitrogens is 1. The first-order chi connectivity index (χ1) is 8.91. The van der Waals surface area contributed by atoms with Gasteiger partial charge in [0, 0.05) is 28.9 Å². The Balaban J connectivity index is 2.67. The predicted molar refractivity (Wildman–Crippen MR) is 73.9 cm³/mol. The number of aromatic carboxylic acids is 1. The van der Waals surface area contributed by atoms with Crippen LogP contribution >= 0.6 is 11.6 Å². The van der Waals surface area contributed by atoms with Gasteiger partial charge in [-0.05, 0) is 37.6 Å². The molecule has 1 aromatic heterocycles. The molecule has 1 heterocycles. The molecule has 100 valence electrons. The van der Waals surface area contributed by atoms with E-state index in [0.29, 0.717) is 23.6 Å². The molecular formula is C14H14ClNO3. The Morgan fingerprint density at radius 3 is 2.63 bits per heavy atom. The second-order valence-corrected chi connectivity index (χ2v) is 4.98. The van der Waals surface area contributed by atoms with Crippen molar-refractivity contribution >= 4 is 34.3 Å². The third kappa shape index (κ3) is 2.49. The lowest BCUT2D eigenvalue weighted by Crippen LogP contribution is -2.11. The molecule has 2 aromatic rings. The van der Waals surface area contributed by atoms with Crippen molar-refractivity contribution in [3.63, 3.8) is 0 Å². The van der Waals surface area contributed by atoms with E-state index in [1.807, 2.05) is 0 Å². The van der Waals surface area contributed by atoms with Gasteiger partial charge in [-0.1, -0.05) is 11.6 Å². The SMILES string of the molecule is CC(=O)CCn1c(C(=O)O)c(C)c2cc(Cl)ccc21. The van der Waals surface area contributed by atoms with Crippen LogP contribution in [0.5, 0.6) is 0 Å². The van der Waals surface area contributed by atoms with Crippen molar-refractivity contribution in [3.05, 3.63) is 34.5 Å². The molecule has 1 aromatic carbocycles. The number of halogens is 1. The first kappa shape index (κ1) is 13.6. The maximum atomic E-state index is 11.4. The van der Waals surface area contributed by atoms with Gasteiger partial charge in [0.05, 0.1) is 0 Å². The molecule has 0 bridgehead atoms. The topological polar surface area (TPSA) is 59.3 Å². The number of hydrogen-bond acceptors (Lipinski definition) is 2. The highest BCUT2D eigenvalue weighted by molar-refractivity contribution is 6.31. The van der Waals surface area contributed by atoms with Crippen molar-refractivity contribution in [3.8, 4) is 0 Å². The summed E-state index contributed by atoms with van der Waals surface area (Å²) in [4.78, 5) is 22.5. The van der Waals surface area contributed by atoms with Crippen LogP contribution in [0.15, 0.2) is 18.2 Å². The Hall–Kier alpha value is -1.81. The maximum absolute atomic E-state index is 11.4. The Morgan fingerprint density at radius 2 is 2.05 bits per heavy atom. The van der Waals surface area contributed by atoms with E-state index in [1.165, 1.54) is 6.92 Å². The molecule has 0 aliphatic rings. The molecule has 0 atom stereocenters. The van der Waals surface area contributed by atoms with Crippen molar-refractivity contribution < 1.29 is 14.7 Å². The average Bonchev–Trinajstić information content (AvgIpc) is 2.59. The van der Waals surface area contributed by atoms with Gasteiger partial charge in [0.25, 0.3) is 0 Å². The minimum absolute atomic E-state index is 0.0322. The standard InChI is InChI=1S/C14H14ClNO3/c1-8(17)5-6-16-12-4-3-10(15)7-11(12)9(2)13(16)14(18)19/h3-4,7H,5-6H2,1-2H3,(H,18,19). The molecule has 19 heavy (non-hydrogen) atoms. The Kier molecular flexibility index (Phi) is 3.62. The molecule has 5 heteroatoms. The fraction of sp³-hybridized carbons (Fsp3) is 0.286. The quantitative estimate of drug-likeness (QED) is 0.934. The molecule has 0 spiro atoms. The highest BCUT2D eigenvalue weighted by atomic mass is 35.5. The number of nitrogens with zero attached hydrogens (tertiary/aromatic N) is 1. The van der Waals surface area contributed by atoms with Gasteiger partial charge in [-0.15, -0.1) is 0 Å². The third-order valence-electron chi connectivity index (χ3n) is 3.17.